The van der Waals surface area contributed by atoms with Gasteiger partial charge in [0.15, 0.2) is 0 Å². The van der Waals surface area contributed by atoms with Gasteiger partial charge in [-0.15, -0.1) is 0 Å². The zero-order valence-electron chi connectivity index (χ0n) is 7.66. The molecular formula is C10H7N3O2. The molecule has 0 unspecified atom stereocenters. The number of hydrogen-bond acceptors (Lipinski definition) is 4. The lowest BCUT2D eigenvalue weighted by molar-refractivity contribution is 0.0690. The highest BCUT2D eigenvalue weighted by Crippen LogP contribution is 2.12. The van der Waals surface area contributed by atoms with Crippen LogP contribution in [0.4, 0.5) is 0 Å². The van der Waals surface area contributed by atoms with E-state index < -0.39 is 5.97 Å². The van der Waals surface area contributed by atoms with E-state index >= 15 is 0 Å². The Morgan fingerprint density at radius 1 is 1.20 bits per heavy atom. The Balaban J connectivity index is 2.46. The van der Waals surface area contributed by atoms with Gasteiger partial charge in [-0.05, 0) is 18.2 Å². The SMILES string of the molecule is O=C(O)c1cccc(-c2ccncn2)n1. The molecule has 0 fully saturated rings. The third kappa shape index (κ3) is 1.96. The molecule has 0 spiro atoms. The van der Waals surface area contributed by atoms with E-state index in [4.69, 9.17) is 5.11 Å². The molecule has 0 bridgehead atoms. The molecule has 0 aliphatic heterocycles. The molecule has 2 heterocycles. The van der Waals surface area contributed by atoms with Gasteiger partial charge in [-0.25, -0.2) is 19.7 Å². The van der Waals surface area contributed by atoms with Gasteiger partial charge in [-0.3, -0.25) is 0 Å². The summed E-state index contributed by atoms with van der Waals surface area (Å²) < 4.78 is 0. The first-order chi connectivity index (χ1) is 7.27. The first-order valence-corrected chi connectivity index (χ1v) is 4.24. The third-order valence-corrected chi connectivity index (χ3v) is 1.81. The van der Waals surface area contributed by atoms with Crippen LogP contribution in [-0.2, 0) is 0 Å². The second kappa shape index (κ2) is 3.83. The largest absolute Gasteiger partial charge is 0.477 e. The number of hydrogen-bond donors (Lipinski definition) is 1. The summed E-state index contributed by atoms with van der Waals surface area (Å²) >= 11 is 0. The van der Waals surface area contributed by atoms with Gasteiger partial charge in [-0.1, -0.05) is 6.07 Å². The molecule has 5 nitrogen and oxygen atoms in total. The zero-order valence-corrected chi connectivity index (χ0v) is 7.66. The van der Waals surface area contributed by atoms with Gasteiger partial charge in [-0.2, -0.15) is 0 Å². The fourth-order valence-corrected chi connectivity index (χ4v) is 1.14. The maximum Gasteiger partial charge on any atom is 0.354 e. The molecule has 0 radical (unpaired) electrons. The molecule has 2 aromatic heterocycles. The summed E-state index contributed by atoms with van der Waals surface area (Å²) in [5.74, 6) is -1.05. The molecule has 0 aromatic carbocycles. The van der Waals surface area contributed by atoms with E-state index in [2.05, 4.69) is 15.0 Å². The number of carbonyl (C=O) groups is 1. The summed E-state index contributed by atoms with van der Waals surface area (Å²) in [5.41, 5.74) is 1.14. The molecule has 2 rings (SSSR count). The minimum Gasteiger partial charge on any atom is -0.477 e. The molecule has 0 aliphatic rings. The van der Waals surface area contributed by atoms with E-state index in [1.807, 2.05) is 0 Å². The molecule has 0 amide bonds. The van der Waals surface area contributed by atoms with Crippen LogP contribution in [0.1, 0.15) is 10.5 Å². The van der Waals surface area contributed by atoms with Gasteiger partial charge in [0, 0.05) is 6.20 Å². The Morgan fingerprint density at radius 2 is 2.07 bits per heavy atom. The molecule has 2 aromatic rings. The molecular weight excluding hydrogens is 194 g/mol. The lowest BCUT2D eigenvalue weighted by Crippen LogP contribution is -2.00. The van der Waals surface area contributed by atoms with Crippen molar-refractivity contribution in [2.75, 3.05) is 0 Å². The topological polar surface area (TPSA) is 76.0 Å². The van der Waals surface area contributed by atoms with Crippen LogP contribution in [0.15, 0.2) is 36.8 Å². The lowest BCUT2D eigenvalue weighted by Gasteiger charge is -1.99. The van der Waals surface area contributed by atoms with Gasteiger partial charge in [0.25, 0.3) is 0 Å². The van der Waals surface area contributed by atoms with Crippen molar-refractivity contribution in [3.8, 4) is 11.4 Å². The maximum absolute atomic E-state index is 10.7. The monoisotopic (exact) mass is 201 g/mol. The Labute approximate surface area is 85.5 Å². The van der Waals surface area contributed by atoms with Crippen molar-refractivity contribution >= 4 is 5.97 Å². The number of carboxylic acid groups (broad SMARTS) is 1. The fraction of sp³-hybridized carbons (Fsp3) is 0. The van der Waals surface area contributed by atoms with Crippen molar-refractivity contribution in [3.05, 3.63) is 42.5 Å². The summed E-state index contributed by atoms with van der Waals surface area (Å²) in [6.45, 7) is 0. The fourth-order valence-electron chi connectivity index (χ4n) is 1.14. The number of carboxylic acids is 1. The summed E-state index contributed by atoms with van der Waals surface area (Å²) in [5, 5.41) is 8.76. The first-order valence-electron chi connectivity index (χ1n) is 4.24. The van der Waals surface area contributed by atoms with E-state index in [9.17, 15) is 4.79 Å². The quantitative estimate of drug-likeness (QED) is 0.790. The van der Waals surface area contributed by atoms with Crippen LogP contribution in [0.5, 0.6) is 0 Å². The minimum absolute atomic E-state index is 0.00566. The Hall–Kier alpha value is -2.30. The molecule has 74 valence electrons. The second-order valence-electron chi connectivity index (χ2n) is 2.81. The summed E-state index contributed by atoms with van der Waals surface area (Å²) in [7, 11) is 0. The highest BCUT2D eigenvalue weighted by atomic mass is 16.4. The van der Waals surface area contributed by atoms with Crippen LogP contribution in [0.3, 0.4) is 0 Å². The van der Waals surface area contributed by atoms with Crippen molar-refractivity contribution in [2.24, 2.45) is 0 Å². The number of rotatable bonds is 2. The molecule has 0 atom stereocenters. The van der Waals surface area contributed by atoms with Gasteiger partial charge in [0.1, 0.15) is 12.0 Å². The number of pyridine rings is 1. The summed E-state index contributed by atoms with van der Waals surface area (Å²) in [4.78, 5) is 22.4. The van der Waals surface area contributed by atoms with Crippen molar-refractivity contribution < 1.29 is 9.90 Å². The van der Waals surface area contributed by atoms with Crippen LogP contribution in [-0.4, -0.2) is 26.0 Å². The molecule has 15 heavy (non-hydrogen) atoms. The third-order valence-electron chi connectivity index (χ3n) is 1.81. The van der Waals surface area contributed by atoms with Crippen molar-refractivity contribution in [2.45, 2.75) is 0 Å². The lowest BCUT2D eigenvalue weighted by atomic mass is 10.2. The number of aromatic carboxylic acids is 1. The predicted molar refractivity (Wildman–Crippen MR) is 52.2 cm³/mol. The molecule has 1 N–H and O–H groups in total. The zero-order chi connectivity index (χ0) is 10.7. The van der Waals surface area contributed by atoms with E-state index in [1.54, 1.807) is 24.4 Å². The van der Waals surface area contributed by atoms with Gasteiger partial charge >= 0.3 is 5.97 Å². The van der Waals surface area contributed by atoms with E-state index in [0.717, 1.165) is 0 Å². The Kier molecular flexibility index (Phi) is 2.37. The van der Waals surface area contributed by atoms with Gasteiger partial charge in [0.2, 0.25) is 0 Å². The average molecular weight is 201 g/mol. The number of aromatic nitrogens is 3. The average Bonchev–Trinajstić information content (AvgIpc) is 2.30. The van der Waals surface area contributed by atoms with E-state index in [0.29, 0.717) is 11.4 Å². The summed E-state index contributed by atoms with van der Waals surface area (Å²) in [6.07, 6.45) is 2.97. The van der Waals surface area contributed by atoms with Crippen LogP contribution in [0.25, 0.3) is 11.4 Å². The maximum atomic E-state index is 10.7. The summed E-state index contributed by atoms with van der Waals surface area (Å²) in [6, 6.07) is 6.45. The van der Waals surface area contributed by atoms with Crippen LogP contribution in [0, 0.1) is 0 Å². The number of nitrogens with zero attached hydrogens (tertiary/aromatic N) is 3. The molecule has 0 aliphatic carbocycles. The normalized spacial score (nSPS) is 9.87. The first kappa shape index (κ1) is 9.26. The second-order valence-corrected chi connectivity index (χ2v) is 2.81. The van der Waals surface area contributed by atoms with Gasteiger partial charge in [0.05, 0.1) is 11.4 Å². The molecule has 0 saturated heterocycles. The predicted octanol–water partition coefficient (Wildman–Crippen LogP) is 1.24. The standard InChI is InChI=1S/C10H7N3O2/c14-10(15)9-3-1-2-8(13-9)7-4-5-11-6-12-7/h1-6H,(H,14,15). The van der Waals surface area contributed by atoms with Crippen LogP contribution < -0.4 is 0 Å². The van der Waals surface area contributed by atoms with Gasteiger partial charge < -0.3 is 5.11 Å². The Bertz CT molecular complexity index is 485. The molecule has 5 heteroatoms. The Morgan fingerprint density at radius 3 is 2.73 bits per heavy atom. The van der Waals surface area contributed by atoms with E-state index in [-0.39, 0.29) is 5.69 Å². The minimum atomic E-state index is -1.05. The highest BCUT2D eigenvalue weighted by molar-refractivity contribution is 5.85. The van der Waals surface area contributed by atoms with Crippen LogP contribution >= 0.6 is 0 Å². The van der Waals surface area contributed by atoms with Crippen molar-refractivity contribution in [3.63, 3.8) is 0 Å². The highest BCUT2D eigenvalue weighted by Gasteiger charge is 2.06. The van der Waals surface area contributed by atoms with E-state index in [1.165, 1.54) is 12.4 Å². The smallest absolute Gasteiger partial charge is 0.354 e. The molecule has 0 saturated carbocycles. The van der Waals surface area contributed by atoms with Crippen molar-refractivity contribution in [1.29, 1.82) is 0 Å². The van der Waals surface area contributed by atoms with Crippen LogP contribution in [0.2, 0.25) is 0 Å². The van der Waals surface area contributed by atoms with Crippen molar-refractivity contribution in [1.82, 2.24) is 15.0 Å².